The van der Waals surface area contributed by atoms with Crippen LogP contribution >= 0.6 is 15.9 Å². The average molecular weight is 336 g/mol. The van der Waals surface area contributed by atoms with Gasteiger partial charge in [0.15, 0.2) is 0 Å². The zero-order valence-corrected chi connectivity index (χ0v) is 12.9. The van der Waals surface area contributed by atoms with Crippen molar-refractivity contribution in [3.63, 3.8) is 0 Å². The molecule has 1 aliphatic carbocycles. The molecule has 1 fully saturated rings. The number of hydrogen-bond donors (Lipinski definition) is 2. The summed E-state index contributed by atoms with van der Waals surface area (Å²) in [6.07, 6.45) is 4.82. The van der Waals surface area contributed by atoms with Gasteiger partial charge in [-0.3, -0.25) is 4.79 Å². The molecular weight excluding hydrogens is 318 g/mol. The van der Waals surface area contributed by atoms with E-state index in [1.807, 2.05) is 30.3 Å². The van der Waals surface area contributed by atoms with Gasteiger partial charge in [-0.15, -0.1) is 0 Å². The van der Waals surface area contributed by atoms with E-state index in [1.165, 1.54) is 0 Å². The number of halogens is 1. The van der Waals surface area contributed by atoms with E-state index in [0.717, 1.165) is 42.3 Å². The van der Waals surface area contributed by atoms with Crippen LogP contribution in [0.3, 0.4) is 0 Å². The molecule has 0 atom stereocenters. The molecule has 5 heteroatoms. The molecule has 20 heavy (non-hydrogen) atoms. The van der Waals surface area contributed by atoms with Crippen molar-refractivity contribution < 1.29 is 4.79 Å². The van der Waals surface area contributed by atoms with E-state index in [0.29, 0.717) is 0 Å². The van der Waals surface area contributed by atoms with Gasteiger partial charge in [-0.25, -0.2) is 0 Å². The van der Waals surface area contributed by atoms with Crippen LogP contribution in [0.15, 0.2) is 28.7 Å². The maximum atomic E-state index is 12.4. The van der Waals surface area contributed by atoms with Crippen molar-refractivity contribution >= 4 is 27.5 Å². The maximum absolute atomic E-state index is 12.4. The molecule has 0 heterocycles. The van der Waals surface area contributed by atoms with E-state index in [1.54, 1.807) is 0 Å². The Labute approximate surface area is 127 Å². The van der Waals surface area contributed by atoms with Crippen molar-refractivity contribution in [2.45, 2.75) is 37.6 Å². The number of nitrogens with zero attached hydrogens (tertiary/aromatic N) is 1. The lowest BCUT2D eigenvalue weighted by atomic mass is 9.80. The highest BCUT2D eigenvalue weighted by Gasteiger charge is 2.39. The Hall–Kier alpha value is -1.54. The smallest absolute Gasteiger partial charge is 0.246 e. The number of hydrogen-bond acceptors (Lipinski definition) is 3. The molecule has 1 aromatic rings. The van der Waals surface area contributed by atoms with Crippen LogP contribution in [0.25, 0.3) is 0 Å². The second-order valence-corrected chi connectivity index (χ2v) is 6.03. The van der Waals surface area contributed by atoms with E-state index in [2.05, 4.69) is 26.6 Å². The number of nitriles is 1. The van der Waals surface area contributed by atoms with Gasteiger partial charge >= 0.3 is 0 Å². The SMILES string of the molecule is N#CCNC(=O)C1(Nc2cccc(Br)c2)CCCCC1. The van der Waals surface area contributed by atoms with Crippen molar-refractivity contribution in [1.82, 2.24) is 5.32 Å². The number of carbonyl (C=O) groups excluding carboxylic acids is 1. The minimum absolute atomic E-state index is 0.0563. The molecule has 106 valence electrons. The molecule has 0 aliphatic heterocycles. The lowest BCUT2D eigenvalue weighted by Crippen LogP contribution is -2.53. The normalized spacial score (nSPS) is 17.0. The molecule has 2 rings (SSSR count). The summed E-state index contributed by atoms with van der Waals surface area (Å²) in [5, 5.41) is 14.7. The lowest BCUT2D eigenvalue weighted by Gasteiger charge is -2.37. The van der Waals surface area contributed by atoms with Gasteiger partial charge in [0.1, 0.15) is 12.1 Å². The highest BCUT2D eigenvalue weighted by molar-refractivity contribution is 9.10. The summed E-state index contributed by atoms with van der Waals surface area (Å²) < 4.78 is 0.978. The number of anilines is 1. The Kier molecular flexibility index (Phi) is 5.02. The van der Waals surface area contributed by atoms with Gasteiger partial charge < -0.3 is 10.6 Å². The predicted molar refractivity (Wildman–Crippen MR) is 82.2 cm³/mol. The Morgan fingerprint density at radius 1 is 1.35 bits per heavy atom. The first-order valence-electron chi connectivity index (χ1n) is 6.85. The van der Waals surface area contributed by atoms with Crippen molar-refractivity contribution in [2.24, 2.45) is 0 Å². The van der Waals surface area contributed by atoms with Gasteiger partial charge in [0.2, 0.25) is 5.91 Å². The van der Waals surface area contributed by atoms with Crippen LogP contribution in [0.1, 0.15) is 32.1 Å². The summed E-state index contributed by atoms with van der Waals surface area (Å²) in [4.78, 5) is 12.4. The molecule has 0 spiro atoms. The molecular formula is C15H18BrN3O. The van der Waals surface area contributed by atoms with E-state index < -0.39 is 5.54 Å². The molecule has 2 N–H and O–H groups in total. The first kappa shape index (κ1) is 14.9. The maximum Gasteiger partial charge on any atom is 0.246 e. The van der Waals surface area contributed by atoms with Crippen molar-refractivity contribution in [3.8, 4) is 6.07 Å². The predicted octanol–water partition coefficient (Wildman–Crippen LogP) is 3.20. The number of rotatable bonds is 4. The first-order valence-corrected chi connectivity index (χ1v) is 7.65. The third kappa shape index (κ3) is 3.51. The second-order valence-electron chi connectivity index (χ2n) is 5.12. The molecule has 1 amide bonds. The Morgan fingerprint density at radius 2 is 2.10 bits per heavy atom. The van der Waals surface area contributed by atoms with Crippen LogP contribution in [0.4, 0.5) is 5.69 Å². The van der Waals surface area contributed by atoms with Crippen LogP contribution in [0, 0.1) is 11.3 Å². The highest BCUT2D eigenvalue weighted by Crippen LogP contribution is 2.32. The summed E-state index contributed by atoms with van der Waals surface area (Å²) in [5.74, 6) is -0.0706. The van der Waals surface area contributed by atoms with Gasteiger partial charge in [-0.1, -0.05) is 41.3 Å². The van der Waals surface area contributed by atoms with E-state index in [-0.39, 0.29) is 12.5 Å². The second kappa shape index (κ2) is 6.76. The monoisotopic (exact) mass is 335 g/mol. The van der Waals surface area contributed by atoms with E-state index >= 15 is 0 Å². The quantitative estimate of drug-likeness (QED) is 0.830. The molecule has 0 bridgehead atoms. The van der Waals surface area contributed by atoms with E-state index in [9.17, 15) is 4.79 Å². The fourth-order valence-electron chi connectivity index (χ4n) is 2.70. The molecule has 0 radical (unpaired) electrons. The molecule has 1 aromatic carbocycles. The van der Waals surface area contributed by atoms with Crippen LogP contribution in [0.2, 0.25) is 0 Å². The minimum Gasteiger partial charge on any atom is -0.371 e. The average Bonchev–Trinajstić information content (AvgIpc) is 2.45. The van der Waals surface area contributed by atoms with Crippen LogP contribution in [-0.2, 0) is 4.79 Å². The standard InChI is InChI=1S/C15H18BrN3O/c16-12-5-4-6-13(11-12)19-15(7-2-1-3-8-15)14(20)18-10-9-17/h4-6,11,19H,1-3,7-8,10H2,(H,18,20). The summed E-state index contributed by atoms with van der Waals surface area (Å²) in [5.41, 5.74) is 0.337. The Morgan fingerprint density at radius 3 is 2.75 bits per heavy atom. The minimum atomic E-state index is -0.587. The fourth-order valence-corrected chi connectivity index (χ4v) is 3.09. The van der Waals surface area contributed by atoms with E-state index in [4.69, 9.17) is 5.26 Å². The summed E-state index contributed by atoms with van der Waals surface area (Å²) in [6.45, 7) is 0.0563. The molecule has 1 saturated carbocycles. The van der Waals surface area contributed by atoms with Gasteiger partial charge in [0, 0.05) is 10.2 Å². The van der Waals surface area contributed by atoms with Gasteiger partial charge in [0.25, 0.3) is 0 Å². The Balaban J connectivity index is 2.18. The van der Waals surface area contributed by atoms with Crippen molar-refractivity contribution in [1.29, 1.82) is 5.26 Å². The zero-order chi connectivity index (χ0) is 14.4. The van der Waals surface area contributed by atoms with Gasteiger partial charge in [-0.2, -0.15) is 5.26 Å². The van der Waals surface area contributed by atoms with Crippen LogP contribution in [-0.4, -0.2) is 18.0 Å². The Bertz CT molecular complexity index is 518. The molecule has 4 nitrogen and oxygen atoms in total. The molecule has 1 aliphatic rings. The third-order valence-electron chi connectivity index (χ3n) is 3.68. The lowest BCUT2D eigenvalue weighted by molar-refractivity contribution is -0.126. The highest BCUT2D eigenvalue weighted by atomic mass is 79.9. The summed E-state index contributed by atoms with van der Waals surface area (Å²) in [6, 6.07) is 9.78. The van der Waals surface area contributed by atoms with Crippen LogP contribution < -0.4 is 10.6 Å². The topological polar surface area (TPSA) is 64.9 Å². The first-order chi connectivity index (χ1) is 9.66. The number of nitrogens with one attached hydrogen (secondary N) is 2. The van der Waals surface area contributed by atoms with Crippen molar-refractivity contribution in [2.75, 3.05) is 11.9 Å². The number of amides is 1. The number of carbonyl (C=O) groups is 1. The molecule has 0 saturated heterocycles. The van der Waals surface area contributed by atoms with Crippen molar-refractivity contribution in [3.05, 3.63) is 28.7 Å². The van der Waals surface area contributed by atoms with Gasteiger partial charge in [-0.05, 0) is 31.0 Å². The largest absolute Gasteiger partial charge is 0.371 e. The molecule has 0 unspecified atom stereocenters. The van der Waals surface area contributed by atoms with Gasteiger partial charge in [0.05, 0.1) is 6.07 Å². The number of benzene rings is 1. The summed E-state index contributed by atoms with van der Waals surface area (Å²) in [7, 11) is 0. The fraction of sp³-hybridized carbons (Fsp3) is 0.467. The summed E-state index contributed by atoms with van der Waals surface area (Å²) >= 11 is 3.44. The molecule has 0 aromatic heterocycles. The zero-order valence-electron chi connectivity index (χ0n) is 11.3. The third-order valence-corrected chi connectivity index (χ3v) is 4.17. The van der Waals surface area contributed by atoms with Crippen LogP contribution in [0.5, 0.6) is 0 Å².